The lowest BCUT2D eigenvalue weighted by atomic mass is 9.52. The lowest BCUT2D eigenvalue weighted by molar-refractivity contribution is -0.0499. The van der Waals surface area contributed by atoms with Crippen molar-refractivity contribution in [2.45, 2.75) is 152 Å². The molecule has 246 valence electrons. The molecule has 6 rings (SSSR count). The number of aliphatic hydroxyl groups is 2. The van der Waals surface area contributed by atoms with E-state index in [0.717, 1.165) is 51.4 Å². The van der Waals surface area contributed by atoms with Gasteiger partial charge in [0.1, 0.15) is 0 Å². The highest BCUT2D eigenvalue weighted by Crippen LogP contribution is 2.65. The summed E-state index contributed by atoms with van der Waals surface area (Å²) >= 11 is 0. The largest absolute Gasteiger partial charge is 0.390 e. The van der Waals surface area contributed by atoms with Crippen molar-refractivity contribution in [1.29, 1.82) is 0 Å². The number of hydrogen-bond donors (Lipinski definition) is 2. The Morgan fingerprint density at radius 2 is 1.55 bits per heavy atom. The van der Waals surface area contributed by atoms with Gasteiger partial charge in [0.25, 0.3) is 0 Å². The average Bonchev–Trinajstić information content (AvgIpc) is 3.25. The predicted octanol–water partition coefficient (Wildman–Crippen LogP) is 8.91. The summed E-state index contributed by atoms with van der Waals surface area (Å²) in [5, 5.41) is 22.5. The molecule has 0 radical (unpaired) electrons. The van der Waals surface area contributed by atoms with Gasteiger partial charge in [0.15, 0.2) is 9.84 Å². The first-order valence-electron chi connectivity index (χ1n) is 18.1. The van der Waals surface area contributed by atoms with Crippen LogP contribution in [0.15, 0.2) is 46.9 Å². The zero-order valence-electron chi connectivity index (χ0n) is 28.2. The second-order valence-corrected chi connectivity index (χ2v) is 19.4. The van der Waals surface area contributed by atoms with Gasteiger partial charge in [-0.15, -0.1) is 0 Å². The second kappa shape index (κ2) is 11.8. The van der Waals surface area contributed by atoms with Gasteiger partial charge >= 0.3 is 0 Å². The number of benzene rings is 1. The van der Waals surface area contributed by atoms with Gasteiger partial charge in [-0.3, -0.25) is 0 Å². The molecule has 44 heavy (non-hydrogen) atoms. The molecule has 2 N–H and O–H groups in total. The Balaban J connectivity index is 1.27. The lowest BCUT2D eigenvalue weighted by Crippen LogP contribution is -2.49. The molecule has 0 aromatic heterocycles. The molecule has 5 heteroatoms. The minimum Gasteiger partial charge on any atom is -0.390 e. The van der Waals surface area contributed by atoms with Crippen molar-refractivity contribution in [3.05, 3.63) is 42.0 Å². The van der Waals surface area contributed by atoms with E-state index in [1.54, 1.807) is 12.1 Å². The Labute approximate surface area is 268 Å². The van der Waals surface area contributed by atoms with Crippen LogP contribution in [0.25, 0.3) is 0 Å². The zero-order valence-corrected chi connectivity index (χ0v) is 29.0. The molecular weight excluding hydrogens is 564 g/mol. The Hall–Kier alpha value is -1.17. The second-order valence-electron chi connectivity index (χ2n) is 17.3. The molecule has 5 aliphatic rings. The molecule has 1 unspecified atom stereocenters. The quantitative estimate of drug-likeness (QED) is 0.297. The molecule has 0 spiro atoms. The van der Waals surface area contributed by atoms with Gasteiger partial charge in [0.05, 0.1) is 21.3 Å². The molecule has 0 saturated heterocycles. The third-order valence-electron chi connectivity index (χ3n) is 14.4. The van der Waals surface area contributed by atoms with Crippen LogP contribution in [0.4, 0.5) is 0 Å². The van der Waals surface area contributed by atoms with E-state index in [2.05, 4.69) is 40.7 Å². The van der Waals surface area contributed by atoms with E-state index >= 15 is 0 Å². The van der Waals surface area contributed by atoms with Crippen LogP contribution in [0.5, 0.6) is 0 Å². The van der Waals surface area contributed by atoms with E-state index in [1.165, 1.54) is 31.3 Å². The highest BCUT2D eigenvalue weighted by molar-refractivity contribution is 7.92. The first kappa shape index (κ1) is 32.8. The molecule has 4 nitrogen and oxygen atoms in total. The number of hydrogen-bond acceptors (Lipinski definition) is 4. The number of allylic oxidation sites excluding steroid dienone is 1. The molecule has 0 bridgehead atoms. The van der Waals surface area contributed by atoms with Crippen molar-refractivity contribution in [2.24, 2.45) is 46.3 Å². The summed E-state index contributed by atoms with van der Waals surface area (Å²) in [6.45, 7) is 11.4. The first-order chi connectivity index (χ1) is 20.7. The van der Waals surface area contributed by atoms with Crippen molar-refractivity contribution in [1.82, 2.24) is 0 Å². The van der Waals surface area contributed by atoms with Crippen LogP contribution in [-0.2, 0) is 9.84 Å². The fraction of sp³-hybridized carbons (Fsp3) is 0.795. The molecule has 1 aromatic carbocycles. The molecule has 4 fully saturated rings. The lowest BCUT2D eigenvalue weighted by Gasteiger charge is -2.53. The van der Waals surface area contributed by atoms with Gasteiger partial charge in [-0.05, 0) is 155 Å². The van der Waals surface area contributed by atoms with Crippen molar-refractivity contribution < 1.29 is 18.6 Å². The molecule has 4 saturated carbocycles. The van der Waals surface area contributed by atoms with Gasteiger partial charge in [-0.1, -0.05) is 64.5 Å². The maximum absolute atomic E-state index is 14.5. The molecule has 0 amide bonds. The van der Waals surface area contributed by atoms with E-state index in [4.69, 9.17) is 0 Å². The summed E-state index contributed by atoms with van der Waals surface area (Å²) in [7, 11) is -3.62. The summed E-state index contributed by atoms with van der Waals surface area (Å²) in [5.41, 5.74) is 0.439. The first-order valence-corrected chi connectivity index (χ1v) is 19.7. The molecule has 5 aliphatic carbocycles. The molecule has 0 heterocycles. The molecule has 9 atom stereocenters. The molecular formula is C39H60O4S. The summed E-state index contributed by atoms with van der Waals surface area (Å²) in [6.07, 6.45) is 16.9. The summed E-state index contributed by atoms with van der Waals surface area (Å²) in [6, 6.07) is 9.07. The minimum atomic E-state index is -3.62. The summed E-state index contributed by atoms with van der Waals surface area (Å²) in [4.78, 5) is 0.409. The Kier molecular flexibility index (Phi) is 8.80. The van der Waals surface area contributed by atoms with Gasteiger partial charge in [-0.2, -0.15) is 0 Å². The van der Waals surface area contributed by atoms with Gasteiger partial charge in [0, 0.05) is 0 Å². The van der Waals surface area contributed by atoms with E-state index in [9.17, 15) is 18.6 Å². The minimum absolute atomic E-state index is 0.0144. The monoisotopic (exact) mass is 624 g/mol. The maximum Gasteiger partial charge on any atom is 0.181 e. The van der Waals surface area contributed by atoms with Crippen molar-refractivity contribution in [3.8, 4) is 0 Å². The number of rotatable bonds is 7. The van der Waals surface area contributed by atoms with Crippen LogP contribution in [0.1, 0.15) is 131 Å². The van der Waals surface area contributed by atoms with Crippen molar-refractivity contribution in [2.75, 3.05) is 0 Å². The fourth-order valence-corrected chi connectivity index (χ4v) is 13.6. The number of sulfone groups is 1. The standard InChI is InChI=1S/C39H60O4S/c1-6-38(40)20-18-30-28(25-38)11-10-14-32-31(30)17-19-37(5)33(15-16-34(32)37)27(2)35(44(42,43)29-12-8-7-9-13-29)26-39(41)23-21-36(3,4)22-24-39/h7-9,11-13,27,30-35,40-41H,6,10,14-26H2,1-5H3/t27-,30-,31+,32-,33+,34-,35?,37+,38-/m0/s1. The fourth-order valence-electron chi connectivity index (χ4n) is 11.4. The zero-order chi connectivity index (χ0) is 31.5. The predicted molar refractivity (Wildman–Crippen MR) is 179 cm³/mol. The summed E-state index contributed by atoms with van der Waals surface area (Å²) < 4.78 is 29.0. The topological polar surface area (TPSA) is 74.6 Å². The number of fused-ring (bicyclic) bond motifs is 5. The van der Waals surface area contributed by atoms with Crippen LogP contribution >= 0.6 is 0 Å². The Bertz CT molecular complexity index is 1310. The Morgan fingerprint density at radius 1 is 0.841 bits per heavy atom. The van der Waals surface area contributed by atoms with Crippen LogP contribution in [0.2, 0.25) is 0 Å². The van der Waals surface area contributed by atoms with Gasteiger partial charge in [0.2, 0.25) is 0 Å². The van der Waals surface area contributed by atoms with Crippen LogP contribution in [0.3, 0.4) is 0 Å². The highest BCUT2D eigenvalue weighted by Gasteiger charge is 2.58. The van der Waals surface area contributed by atoms with Crippen LogP contribution in [0, 0.1) is 46.3 Å². The van der Waals surface area contributed by atoms with Crippen LogP contribution < -0.4 is 0 Å². The highest BCUT2D eigenvalue weighted by atomic mass is 32.2. The maximum atomic E-state index is 14.5. The van der Waals surface area contributed by atoms with Gasteiger partial charge < -0.3 is 10.2 Å². The normalized spacial score (nSPS) is 39.6. The van der Waals surface area contributed by atoms with E-state index in [0.29, 0.717) is 53.7 Å². The summed E-state index contributed by atoms with van der Waals surface area (Å²) in [5.74, 6) is 2.96. The molecule has 1 aromatic rings. The third-order valence-corrected chi connectivity index (χ3v) is 16.7. The van der Waals surface area contributed by atoms with E-state index in [1.807, 2.05) is 18.2 Å². The van der Waals surface area contributed by atoms with Crippen molar-refractivity contribution in [3.63, 3.8) is 0 Å². The smallest absolute Gasteiger partial charge is 0.181 e. The Morgan fingerprint density at radius 3 is 2.23 bits per heavy atom. The van der Waals surface area contributed by atoms with E-state index in [-0.39, 0.29) is 16.7 Å². The van der Waals surface area contributed by atoms with Crippen molar-refractivity contribution >= 4 is 9.84 Å². The average molecular weight is 625 g/mol. The van der Waals surface area contributed by atoms with Crippen LogP contribution in [-0.4, -0.2) is 35.1 Å². The van der Waals surface area contributed by atoms with Gasteiger partial charge in [-0.25, -0.2) is 8.42 Å². The SMILES string of the molecule is CC[C@]1(O)CC[C@H]2C(=CCC[C@H]3[C@@H]2CC[C@]2(C)[C@@H]([C@H](C)C(CC4(O)CCC(C)(C)CC4)S(=O)(=O)c4ccccc4)CC[C@@H]32)C1. The van der Waals surface area contributed by atoms with E-state index < -0.39 is 26.3 Å². The molecule has 0 aliphatic heterocycles. The third kappa shape index (κ3) is 5.89.